The molecule has 0 unspecified atom stereocenters. The van der Waals surface area contributed by atoms with Crippen LogP contribution in [0.4, 0.5) is 0 Å². The molecule has 100 valence electrons. The number of hydrogen-bond donors (Lipinski definition) is 0. The lowest BCUT2D eigenvalue weighted by Crippen LogP contribution is -2.29. The Kier molecular flexibility index (Phi) is 4.18. The van der Waals surface area contributed by atoms with Crippen molar-refractivity contribution in [3.63, 3.8) is 0 Å². The predicted molar refractivity (Wildman–Crippen MR) is 72.0 cm³/mol. The topological polar surface area (TPSA) is 53.3 Å². The van der Waals surface area contributed by atoms with Gasteiger partial charge in [-0.05, 0) is 56.6 Å². The molecule has 1 aromatic rings. The third kappa shape index (κ3) is 2.94. The summed E-state index contributed by atoms with van der Waals surface area (Å²) in [6, 6.07) is 7.49. The molecule has 2 rings (SSSR count). The summed E-state index contributed by atoms with van der Waals surface area (Å²) < 4.78 is 4.68. The van der Waals surface area contributed by atoms with E-state index in [1.54, 1.807) is 12.1 Å². The summed E-state index contributed by atoms with van der Waals surface area (Å²) >= 11 is 0. The van der Waals surface area contributed by atoms with Crippen molar-refractivity contribution in [1.82, 2.24) is 4.90 Å². The average Bonchev–Trinajstić information content (AvgIpc) is 2.46. The molecule has 0 radical (unpaired) electrons. The minimum atomic E-state index is -0.397. The number of hydrogen-bond acceptors (Lipinski definition) is 4. The predicted octanol–water partition coefficient (Wildman–Crippen LogP) is 2.15. The number of carbonyl (C=O) groups excluding carboxylic acids is 1. The fourth-order valence-electron chi connectivity index (χ4n) is 2.57. The highest BCUT2D eigenvalue weighted by molar-refractivity contribution is 5.89. The maximum atomic E-state index is 11.5. The van der Waals surface area contributed by atoms with Crippen molar-refractivity contribution in [3.8, 4) is 6.07 Å². The molecule has 0 bridgehead atoms. The standard InChI is InChI=1S/C15H18N2O2/c1-17-7-5-11(6-8-17)14-4-3-12(15(18)19-2)9-13(14)10-16/h3-4,9,11H,5-8H2,1-2H3. The molecule has 0 atom stereocenters. The van der Waals surface area contributed by atoms with Gasteiger partial charge in [-0.25, -0.2) is 4.79 Å². The highest BCUT2D eigenvalue weighted by atomic mass is 16.5. The van der Waals surface area contributed by atoms with Gasteiger partial charge in [-0.1, -0.05) is 6.07 Å². The van der Waals surface area contributed by atoms with E-state index >= 15 is 0 Å². The Labute approximate surface area is 113 Å². The normalized spacial score (nSPS) is 16.9. The average molecular weight is 258 g/mol. The summed E-state index contributed by atoms with van der Waals surface area (Å²) in [5.41, 5.74) is 2.09. The van der Waals surface area contributed by atoms with Crippen molar-refractivity contribution in [2.45, 2.75) is 18.8 Å². The van der Waals surface area contributed by atoms with E-state index in [-0.39, 0.29) is 0 Å². The van der Waals surface area contributed by atoms with Crippen molar-refractivity contribution >= 4 is 5.97 Å². The molecule has 0 aromatic heterocycles. The third-order valence-electron chi connectivity index (χ3n) is 3.75. The molecule has 1 aromatic carbocycles. The van der Waals surface area contributed by atoms with Gasteiger partial charge < -0.3 is 9.64 Å². The third-order valence-corrected chi connectivity index (χ3v) is 3.75. The van der Waals surface area contributed by atoms with Crippen LogP contribution in [0.3, 0.4) is 0 Å². The number of rotatable bonds is 2. The first kappa shape index (κ1) is 13.6. The summed E-state index contributed by atoms with van der Waals surface area (Å²) in [6.45, 7) is 2.10. The minimum absolute atomic E-state index is 0.397. The molecule has 19 heavy (non-hydrogen) atoms. The highest BCUT2D eigenvalue weighted by Crippen LogP contribution is 2.30. The molecule has 0 saturated carbocycles. The Morgan fingerprint density at radius 1 is 1.42 bits per heavy atom. The van der Waals surface area contributed by atoms with Gasteiger partial charge in [0.05, 0.1) is 24.3 Å². The molecule has 4 nitrogen and oxygen atoms in total. The van der Waals surface area contributed by atoms with Gasteiger partial charge in [0.1, 0.15) is 0 Å². The summed E-state index contributed by atoms with van der Waals surface area (Å²) in [5, 5.41) is 9.27. The number of esters is 1. The molecule has 0 aliphatic carbocycles. The smallest absolute Gasteiger partial charge is 0.337 e. The lowest BCUT2D eigenvalue weighted by Gasteiger charge is -2.29. The molecule has 1 aliphatic rings. The Balaban J connectivity index is 2.26. The maximum Gasteiger partial charge on any atom is 0.337 e. The van der Waals surface area contributed by atoms with E-state index in [1.165, 1.54) is 7.11 Å². The molecular formula is C15H18N2O2. The first-order chi connectivity index (χ1) is 9.15. The Hall–Kier alpha value is -1.86. The fourth-order valence-corrected chi connectivity index (χ4v) is 2.57. The molecule has 1 fully saturated rings. The molecule has 0 spiro atoms. The van der Waals surface area contributed by atoms with E-state index in [2.05, 4.69) is 22.8 Å². The number of nitrogens with zero attached hydrogens (tertiary/aromatic N) is 2. The minimum Gasteiger partial charge on any atom is -0.465 e. The molecule has 0 N–H and O–H groups in total. The second-order valence-corrected chi connectivity index (χ2v) is 4.98. The second-order valence-electron chi connectivity index (χ2n) is 4.98. The van der Waals surface area contributed by atoms with E-state index in [4.69, 9.17) is 0 Å². The number of piperidine rings is 1. The van der Waals surface area contributed by atoms with Crippen LogP contribution in [-0.2, 0) is 4.74 Å². The van der Waals surface area contributed by atoms with E-state index in [0.29, 0.717) is 17.0 Å². The van der Waals surface area contributed by atoms with Crippen molar-refractivity contribution in [3.05, 3.63) is 34.9 Å². The van der Waals surface area contributed by atoms with Gasteiger partial charge in [0.25, 0.3) is 0 Å². The largest absolute Gasteiger partial charge is 0.465 e. The zero-order chi connectivity index (χ0) is 13.8. The van der Waals surface area contributed by atoms with Gasteiger partial charge >= 0.3 is 5.97 Å². The molecule has 0 amide bonds. The second kappa shape index (κ2) is 5.85. The Morgan fingerprint density at radius 3 is 2.68 bits per heavy atom. The van der Waals surface area contributed by atoms with E-state index in [1.807, 2.05) is 6.07 Å². The number of benzene rings is 1. The summed E-state index contributed by atoms with van der Waals surface area (Å²) in [7, 11) is 3.46. The van der Waals surface area contributed by atoms with Gasteiger partial charge in [0.15, 0.2) is 0 Å². The quantitative estimate of drug-likeness (QED) is 0.763. The van der Waals surface area contributed by atoms with Crippen LogP contribution in [0, 0.1) is 11.3 Å². The monoisotopic (exact) mass is 258 g/mol. The van der Waals surface area contributed by atoms with Crippen molar-refractivity contribution < 1.29 is 9.53 Å². The lowest BCUT2D eigenvalue weighted by molar-refractivity contribution is 0.0600. The zero-order valence-electron chi connectivity index (χ0n) is 11.3. The molecular weight excluding hydrogens is 240 g/mol. The Bertz CT molecular complexity index is 511. The van der Waals surface area contributed by atoms with Crippen LogP contribution in [0.2, 0.25) is 0 Å². The highest BCUT2D eigenvalue weighted by Gasteiger charge is 2.21. The first-order valence-corrected chi connectivity index (χ1v) is 6.46. The van der Waals surface area contributed by atoms with Crippen LogP contribution in [0.1, 0.15) is 40.2 Å². The number of ether oxygens (including phenoxy) is 1. The first-order valence-electron chi connectivity index (χ1n) is 6.46. The van der Waals surface area contributed by atoms with E-state index in [9.17, 15) is 10.1 Å². The summed E-state index contributed by atoms with van der Waals surface area (Å²) in [4.78, 5) is 13.8. The van der Waals surface area contributed by atoms with E-state index < -0.39 is 5.97 Å². The maximum absolute atomic E-state index is 11.5. The van der Waals surface area contributed by atoms with Crippen molar-refractivity contribution in [1.29, 1.82) is 5.26 Å². The molecule has 1 heterocycles. The van der Waals surface area contributed by atoms with Crippen LogP contribution < -0.4 is 0 Å². The van der Waals surface area contributed by atoms with Crippen LogP contribution in [0.15, 0.2) is 18.2 Å². The zero-order valence-corrected chi connectivity index (χ0v) is 11.3. The van der Waals surface area contributed by atoms with Crippen LogP contribution >= 0.6 is 0 Å². The SMILES string of the molecule is COC(=O)c1ccc(C2CCN(C)CC2)c(C#N)c1. The van der Waals surface area contributed by atoms with Crippen LogP contribution in [0.25, 0.3) is 0 Å². The van der Waals surface area contributed by atoms with Gasteiger partial charge in [-0.15, -0.1) is 0 Å². The number of methoxy groups -OCH3 is 1. The summed E-state index contributed by atoms with van der Waals surface area (Å²) in [6.07, 6.45) is 2.12. The number of carbonyl (C=O) groups is 1. The number of nitriles is 1. The van der Waals surface area contributed by atoms with E-state index in [0.717, 1.165) is 31.5 Å². The van der Waals surface area contributed by atoms with Crippen LogP contribution in [-0.4, -0.2) is 38.1 Å². The van der Waals surface area contributed by atoms with Gasteiger partial charge in [0.2, 0.25) is 0 Å². The summed E-state index contributed by atoms with van der Waals surface area (Å²) in [5.74, 6) is 0.0176. The molecule has 4 heteroatoms. The van der Waals surface area contributed by atoms with Crippen LogP contribution in [0.5, 0.6) is 0 Å². The van der Waals surface area contributed by atoms with Crippen molar-refractivity contribution in [2.24, 2.45) is 0 Å². The number of likely N-dealkylation sites (tertiary alicyclic amines) is 1. The molecule has 1 saturated heterocycles. The van der Waals surface area contributed by atoms with Gasteiger partial charge in [-0.2, -0.15) is 5.26 Å². The molecule has 1 aliphatic heterocycles. The van der Waals surface area contributed by atoms with Gasteiger partial charge in [-0.3, -0.25) is 0 Å². The lowest BCUT2D eigenvalue weighted by atomic mass is 9.86. The van der Waals surface area contributed by atoms with Crippen molar-refractivity contribution in [2.75, 3.05) is 27.2 Å². The van der Waals surface area contributed by atoms with Gasteiger partial charge in [0, 0.05) is 0 Å². The Morgan fingerprint density at radius 2 is 2.11 bits per heavy atom. The fraction of sp³-hybridized carbons (Fsp3) is 0.467.